The number of halogens is 1. The van der Waals surface area contributed by atoms with Crippen LogP contribution in [0.1, 0.15) is 46.1 Å². The lowest BCUT2D eigenvalue weighted by atomic mass is 9.84. The molecule has 2 heterocycles. The number of methoxy groups -OCH3 is 2. The Kier molecular flexibility index (Phi) is 9.81. The molecule has 2 fully saturated rings. The third kappa shape index (κ3) is 6.56. The van der Waals surface area contributed by atoms with Gasteiger partial charge in [0.15, 0.2) is 5.72 Å². The summed E-state index contributed by atoms with van der Waals surface area (Å²) >= 11 is 6.55. The van der Waals surface area contributed by atoms with Crippen LogP contribution in [0.4, 0.5) is 10.5 Å². The molecule has 0 spiro atoms. The van der Waals surface area contributed by atoms with Crippen LogP contribution in [0.25, 0.3) is 0 Å². The van der Waals surface area contributed by atoms with Crippen LogP contribution in [0.2, 0.25) is 5.02 Å². The largest absolute Gasteiger partial charge is 0.495 e. The zero-order chi connectivity index (χ0) is 30.0. The van der Waals surface area contributed by atoms with Crippen molar-refractivity contribution in [2.45, 2.75) is 82.7 Å². The van der Waals surface area contributed by atoms with Gasteiger partial charge in [-0.1, -0.05) is 30.0 Å². The van der Waals surface area contributed by atoms with Crippen molar-refractivity contribution in [3.05, 3.63) is 34.4 Å². The van der Waals surface area contributed by atoms with E-state index in [0.29, 0.717) is 17.9 Å². The fraction of sp³-hybridized carbons (Fsp3) is 0.586. The molecule has 0 bridgehead atoms. The van der Waals surface area contributed by atoms with E-state index in [-0.39, 0.29) is 29.7 Å². The highest BCUT2D eigenvalue weighted by molar-refractivity contribution is 6.35. The summed E-state index contributed by atoms with van der Waals surface area (Å²) in [5.74, 6) is 2.14. The molecule has 1 aromatic rings. The number of alkyl carbamates (subject to hydrolysis) is 1. The topological polar surface area (TPSA) is 130 Å². The number of epoxide rings is 1. The Morgan fingerprint density at radius 1 is 1.40 bits per heavy atom. The molecule has 7 atom stereocenters. The normalized spacial score (nSPS) is 28.4. The molecular weight excluding hydrogens is 540 g/mol. The Balaban J connectivity index is 1.71. The molecule has 40 heavy (non-hydrogen) atoms. The van der Waals surface area contributed by atoms with Crippen LogP contribution in [0, 0.1) is 18.3 Å². The van der Waals surface area contributed by atoms with Crippen molar-refractivity contribution in [2.75, 3.05) is 26.2 Å². The Morgan fingerprint density at radius 3 is 2.67 bits per heavy atom. The summed E-state index contributed by atoms with van der Waals surface area (Å²) in [6.07, 6.45) is 3.58. The number of nitrogens with zero attached hydrogens (tertiary/aromatic N) is 1. The highest BCUT2D eigenvalue weighted by atomic mass is 35.5. The minimum absolute atomic E-state index is 0.0648. The van der Waals surface area contributed by atoms with Crippen molar-refractivity contribution in [3.8, 4) is 18.1 Å². The maximum atomic E-state index is 13.3. The van der Waals surface area contributed by atoms with E-state index in [0.717, 1.165) is 11.1 Å². The van der Waals surface area contributed by atoms with Crippen LogP contribution in [0.3, 0.4) is 0 Å². The molecule has 1 aromatic carbocycles. The number of allylic oxidation sites excluding steroid dienone is 2. The predicted molar refractivity (Wildman–Crippen MR) is 150 cm³/mol. The van der Waals surface area contributed by atoms with Crippen LogP contribution in [-0.4, -0.2) is 79.2 Å². The summed E-state index contributed by atoms with van der Waals surface area (Å²) in [6.45, 7) is 7.06. The maximum Gasteiger partial charge on any atom is 0.409 e. The van der Waals surface area contributed by atoms with Crippen molar-refractivity contribution in [1.29, 1.82) is 0 Å². The number of benzene rings is 1. The van der Waals surface area contributed by atoms with Gasteiger partial charge >= 0.3 is 6.09 Å². The van der Waals surface area contributed by atoms with E-state index in [1.807, 2.05) is 13.8 Å². The van der Waals surface area contributed by atoms with Crippen molar-refractivity contribution in [1.82, 2.24) is 5.32 Å². The molecule has 3 rings (SSSR count). The lowest BCUT2D eigenvalue weighted by Gasteiger charge is -2.41. The highest BCUT2D eigenvalue weighted by Gasteiger charge is 2.62. The van der Waals surface area contributed by atoms with Crippen molar-refractivity contribution in [3.63, 3.8) is 0 Å². The number of ether oxygens (including phenoxy) is 4. The molecule has 0 radical (unpaired) electrons. The molecule has 0 aliphatic carbocycles. The first-order valence-corrected chi connectivity index (χ1v) is 13.4. The number of carbonyl (C=O) groups is 2. The molecule has 2 aliphatic heterocycles. The first-order chi connectivity index (χ1) is 18.7. The van der Waals surface area contributed by atoms with Gasteiger partial charge in [-0.05, 0) is 51.0 Å². The highest BCUT2D eigenvalue weighted by Crippen LogP contribution is 2.48. The molecule has 11 heteroatoms. The van der Waals surface area contributed by atoms with E-state index in [4.69, 9.17) is 37.0 Å². The maximum absolute atomic E-state index is 13.3. The van der Waals surface area contributed by atoms with Gasteiger partial charge in [0.05, 0.1) is 31.4 Å². The minimum atomic E-state index is -1.62. The van der Waals surface area contributed by atoms with E-state index in [1.165, 1.54) is 19.1 Å². The second kappa shape index (κ2) is 12.4. The van der Waals surface area contributed by atoms with Gasteiger partial charge in [-0.2, -0.15) is 0 Å². The van der Waals surface area contributed by atoms with Crippen LogP contribution in [0.5, 0.6) is 5.75 Å². The van der Waals surface area contributed by atoms with Gasteiger partial charge in [-0.15, -0.1) is 6.42 Å². The summed E-state index contributed by atoms with van der Waals surface area (Å²) in [6, 6.07) is 3.58. The van der Waals surface area contributed by atoms with E-state index >= 15 is 0 Å². The van der Waals surface area contributed by atoms with Gasteiger partial charge in [0.1, 0.15) is 28.6 Å². The summed E-state index contributed by atoms with van der Waals surface area (Å²) in [7, 11) is 4.50. The number of aliphatic hydroxyl groups is 2. The fourth-order valence-corrected chi connectivity index (χ4v) is 5.43. The Labute approximate surface area is 240 Å². The Hall–Kier alpha value is -2.81. The summed E-state index contributed by atoms with van der Waals surface area (Å²) < 4.78 is 22.0. The van der Waals surface area contributed by atoms with Gasteiger partial charge in [0.2, 0.25) is 5.91 Å². The number of anilines is 1. The van der Waals surface area contributed by atoms with Crippen LogP contribution < -0.4 is 15.0 Å². The van der Waals surface area contributed by atoms with Crippen molar-refractivity contribution in [2.24, 2.45) is 5.92 Å². The summed E-state index contributed by atoms with van der Waals surface area (Å²) in [4.78, 5) is 26.8. The predicted octanol–water partition coefficient (Wildman–Crippen LogP) is 3.20. The Bertz CT molecular complexity index is 1200. The molecule has 2 amide bonds. The third-order valence-corrected chi connectivity index (χ3v) is 8.33. The number of terminal acetylenes is 1. The number of hydrogen-bond acceptors (Lipinski definition) is 8. The first kappa shape index (κ1) is 31.7. The van der Waals surface area contributed by atoms with Crippen LogP contribution >= 0.6 is 11.6 Å². The standard InChI is InChI=1S/C29H39ClN2O8/c1-9-10-16(2)11-19-12-20(25(30)21(13-19)38-8)32(6)24(34)14-23(33)28(5)26(40-28)17(3)22-15-29(36,18(4)37-7)31-27(35)39-22/h1,10,12-13,17-18,22-23,26,33,36H,11,14-15H2,2-8H3,(H,31,35)/b16-10+/t17-,18-,22+,23+,26+,28?,29+/m1/s1. The summed E-state index contributed by atoms with van der Waals surface area (Å²) in [5.41, 5.74) is -0.433. The minimum Gasteiger partial charge on any atom is -0.495 e. The van der Waals surface area contributed by atoms with Gasteiger partial charge in [-0.3, -0.25) is 10.1 Å². The van der Waals surface area contributed by atoms with Gasteiger partial charge in [0, 0.05) is 26.5 Å². The quantitative estimate of drug-likeness (QED) is 0.270. The second-order valence-electron chi connectivity index (χ2n) is 10.8. The van der Waals surface area contributed by atoms with E-state index in [9.17, 15) is 19.8 Å². The number of rotatable bonds is 11. The second-order valence-corrected chi connectivity index (χ2v) is 11.2. The van der Waals surface area contributed by atoms with Gasteiger partial charge < -0.3 is 34.1 Å². The molecule has 10 nitrogen and oxygen atoms in total. The van der Waals surface area contributed by atoms with Crippen molar-refractivity contribution < 1.29 is 38.7 Å². The first-order valence-electron chi connectivity index (χ1n) is 13.0. The van der Waals surface area contributed by atoms with Crippen LogP contribution in [-0.2, 0) is 25.4 Å². The number of carbonyl (C=O) groups excluding carboxylic acids is 2. The average Bonchev–Trinajstić information content (AvgIpc) is 3.60. The number of cyclic esters (lactones) is 1. The van der Waals surface area contributed by atoms with Gasteiger partial charge in [0.25, 0.3) is 0 Å². The molecule has 1 unspecified atom stereocenters. The van der Waals surface area contributed by atoms with Gasteiger partial charge in [-0.25, -0.2) is 4.79 Å². The number of amides is 2. The van der Waals surface area contributed by atoms with E-state index in [2.05, 4.69) is 11.2 Å². The molecule has 3 N–H and O–H groups in total. The van der Waals surface area contributed by atoms with E-state index in [1.54, 1.807) is 39.1 Å². The average molecular weight is 579 g/mol. The lowest BCUT2D eigenvalue weighted by Crippen LogP contribution is -2.63. The lowest BCUT2D eigenvalue weighted by molar-refractivity contribution is -0.151. The Morgan fingerprint density at radius 2 is 2.08 bits per heavy atom. The van der Waals surface area contributed by atoms with E-state index < -0.39 is 41.8 Å². The third-order valence-electron chi connectivity index (χ3n) is 7.95. The smallest absolute Gasteiger partial charge is 0.409 e. The molecular formula is C29H39ClN2O8. The SMILES string of the molecule is C#C/C=C(\C)Cc1cc(OC)c(Cl)c(N(C)C(=O)C[C@H](O)C2(C)O[C@H]2[C@H](C)[C@@H]2C[C@](O)([C@@H](C)OC)NC(=O)O2)c1. The zero-order valence-corrected chi connectivity index (χ0v) is 24.7. The number of nitrogens with one attached hydrogen (secondary N) is 1. The molecule has 220 valence electrons. The zero-order valence-electron chi connectivity index (χ0n) is 24.0. The fourth-order valence-electron chi connectivity index (χ4n) is 5.12. The number of aliphatic hydroxyl groups excluding tert-OH is 1. The molecule has 0 aromatic heterocycles. The van der Waals surface area contributed by atoms with Crippen LogP contribution in [0.15, 0.2) is 23.8 Å². The number of hydrogen-bond donors (Lipinski definition) is 3. The monoisotopic (exact) mass is 578 g/mol. The molecule has 0 saturated carbocycles. The summed E-state index contributed by atoms with van der Waals surface area (Å²) in [5, 5.41) is 24.7. The molecule has 2 saturated heterocycles. The molecule has 2 aliphatic rings. The van der Waals surface area contributed by atoms with Crippen molar-refractivity contribution >= 4 is 29.3 Å².